The minimum absolute atomic E-state index is 0.0849. The zero-order chi connectivity index (χ0) is 37.7. The van der Waals surface area contributed by atoms with Crippen molar-refractivity contribution in [1.82, 2.24) is 20.2 Å². The standard InChI is InChI=1S/C40H48N4O5S.C2H6/c1-6-7-8-9-10-21-49-32-17-15-28(16-18-32)30-23-41-36(42-24-30)29-13-11-27(12-14-29)22-33(38(46)44-25-31(26-44)39(47)48-5)43-37(45)34-19-20-35(50-34)40(2,3)4;1-2/h11-20,23-24,31,33H,6-10,21-22,25-26H2,1-5H3,(H,43,45);1-2H3. The summed E-state index contributed by atoms with van der Waals surface area (Å²) in [5, 5.41) is 2.98. The predicted octanol–water partition coefficient (Wildman–Crippen LogP) is 8.52. The van der Waals surface area contributed by atoms with E-state index in [1.807, 2.05) is 80.8 Å². The molecule has 1 unspecified atom stereocenters. The second-order valence-corrected chi connectivity index (χ2v) is 15.0. The molecule has 278 valence electrons. The normalized spacial score (nSPS) is 13.3. The number of carbonyl (C=O) groups is 3. The van der Waals surface area contributed by atoms with E-state index in [1.165, 1.54) is 44.1 Å². The summed E-state index contributed by atoms with van der Waals surface area (Å²) >= 11 is 1.43. The lowest BCUT2D eigenvalue weighted by Crippen LogP contribution is -2.59. The lowest BCUT2D eigenvalue weighted by molar-refractivity contribution is -0.156. The highest BCUT2D eigenvalue weighted by Gasteiger charge is 2.39. The van der Waals surface area contributed by atoms with Crippen molar-refractivity contribution in [3.8, 4) is 28.3 Å². The van der Waals surface area contributed by atoms with E-state index in [2.05, 4.69) is 43.0 Å². The highest BCUT2D eigenvalue weighted by atomic mass is 32.1. The molecule has 1 aliphatic rings. The number of carbonyl (C=O) groups excluding carboxylic acids is 3. The third kappa shape index (κ3) is 11.0. The van der Waals surface area contributed by atoms with Crippen LogP contribution < -0.4 is 10.1 Å². The van der Waals surface area contributed by atoms with Gasteiger partial charge in [-0.1, -0.05) is 104 Å². The van der Waals surface area contributed by atoms with Crippen molar-refractivity contribution in [2.45, 2.75) is 91.5 Å². The van der Waals surface area contributed by atoms with Crippen LogP contribution in [0.4, 0.5) is 0 Å². The van der Waals surface area contributed by atoms with Crippen molar-refractivity contribution >= 4 is 29.1 Å². The molecule has 1 N–H and O–H groups in total. The van der Waals surface area contributed by atoms with Crippen LogP contribution in [-0.4, -0.2) is 65.5 Å². The predicted molar refractivity (Wildman–Crippen MR) is 209 cm³/mol. The van der Waals surface area contributed by atoms with Gasteiger partial charge < -0.3 is 19.7 Å². The van der Waals surface area contributed by atoms with Crippen LogP contribution in [0.3, 0.4) is 0 Å². The first-order valence-corrected chi connectivity index (χ1v) is 19.3. The Balaban J connectivity index is 0.00000297. The van der Waals surface area contributed by atoms with Gasteiger partial charge in [-0.15, -0.1) is 11.3 Å². The second kappa shape index (κ2) is 19.3. The van der Waals surface area contributed by atoms with E-state index in [0.717, 1.165) is 45.9 Å². The second-order valence-electron chi connectivity index (χ2n) is 13.9. The van der Waals surface area contributed by atoms with Crippen molar-refractivity contribution in [3.05, 3.63) is 88.4 Å². The zero-order valence-electron chi connectivity index (χ0n) is 31.7. The molecule has 10 heteroatoms. The Labute approximate surface area is 313 Å². The molecule has 1 fully saturated rings. The fraction of sp³-hybridized carbons (Fsp3) is 0.452. The maximum absolute atomic E-state index is 13.6. The van der Waals surface area contributed by atoms with Gasteiger partial charge in [0.05, 0.1) is 24.5 Å². The number of benzene rings is 2. The maximum atomic E-state index is 13.6. The van der Waals surface area contributed by atoms with Crippen LogP contribution in [0.25, 0.3) is 22.5 Å². The van der Waals surface area contributed by atoms with E-state index >= 15 is 0 Å². The molecular formula is C42H54N4O5S. The highest BCUT2D eigenvalue weighted by Crippen LogP contribution is 2.30. The van der Waals surface area contributed by atoms with E-state index in [9.17, 15) is 14.4 Å². The zero-order valence-corrected chi connectivity index (χ0v) is 32.6. The van der Waals surface area contributed by atoms with Crippen LogP contribution in [0.15, 0.2) is 73.1 Å². The number of hydrogen-bond donors (Lipinski definition) is 1. The molecule has 2 aromatic heterocycles. The van der Waals surface area contributed by atoms with Crippen molar-refractivity contribution in [1.29, 1.82) is 0 Å². The van der Waals surface area contributed by atoms with Gasteiger partial charge in [-0.05, 0) is 47.2 Å². The maximum Gasteiger partial charge on any atom is 0.312 e. The van der Waals surface area contributed by atoms with Crippen molar-refractivity contribution in [2.24, 2.45) is 5.92 Å². The van der Waals surface area contributed by atoms with E-state index < -0.39 is 6.04 Å². The Hall–Kier alpha value is -4.57. The molecule has 2 amide bonds. The van der Waals surface area contributed by atoms with Crippen LogP contribution >= 0.6 is 11.3 Å². The smallest absolute Gasteiger partial charge is 0.312 e. The highest BCUT2D eigenvalue weighted by molar-refractivity contribution is 7.14. The average molecular weight is 727 g/mol. The number of aromatic nitrogens is 2. The van der Waals surface area contributed by atoms with Gasteiger partial charge in [0, 0.05) is 47.9 Å². The van der Waals surface area contributed by atoms with Gasteiger partial charge in [0.1, 0.15) is 11.8 Å². The molecule has 5 rings (SSSR count). The third-order valence-corrected chi connectivity index (χ3v) is 10.4. The van der Waals surface area contributed by atoms with Gasteiger partial charge in [-0.3, -0.25) is 14.4 Å². The van der Waals surface area contributed by atoms with Gasteiger partial charge in [-0.25, -0.2) is 9.97 Å². The van der Waals surface area contributed by atoms with Crippen molar-refractivity contribution in [3.63, 3.8) is 0 Å². The molecule has 0 radical (unpaired) electrons. The first-order valence-electron chi connectivity index (χ1n) is 18.5. The number of nitrogens with zero attached hydrogens (tertiary/aromatic N) is 3. The monoisotopic (exact) mass is 726 g/mol. The number of rotatable bonds is 15. The average Bonchev–Trinajstić information content (AvgIpc) is 3.66. The van der Waals surface area contributed by atoms with Gasteiger partial charge in [-0.2, -0.15) is 0 Å². The van der Waals surface area contributed by atoms with E-state index in [0.29, 0.717) is 17.1 Å². The number of thiophene rings is 1. The number of esters is 1. The molecule has 3 heterocycles. The number of likely N-dealkylation sites (tertiary alicyclic amines) is 1. The SMILES string of the molecule is CC.CCCCCCCOc1ccc(-c2cnc(-c3ccc(CC(NC(=O)c4ccc(C(C)(C)C)s4)C(=O)N4CC(C(=O)OC)C4)cc3)nc2)cc1. The molecule has 1 aliphatic heterocycles. The van der Waals surface area contributed by atoms with E-state index in [4.69, 9.17) is 9.47 Å². The molecule has 52 heavy (non-hydrogen) atoms. The molecule has 1 saturated heterocycles. The Kier molecular flexibility index (Phi) is 14.9. The van der Waals surface area contributed by atoms with Crippen LogP contribution in [0.1, 0.15) is 93.8 Å². The van der Waals surface area contributed by atoms with Crippen molar-refractivity contribution < 1.29 is 23.9 Å². The lowest BCUT2D eigenvalue weighted by atomic mass is 9.95. The van der Waals surface area contributed by atoms with Crippen LogP contribution in [-0.2, 0) is 26.2 Å². The largest absolute Gasteiger partial charge is 0.494 e. The number of methoxy groups -OCH3 is 1. The first-order chi connectivity index (χ1) is 25.0. The molecule has 0 saturated carbocycles. The summed E-state index contributed by atoms with van der Waals surface area (Å²) in [6.07, 6.45) is 9.96. The first kappa shape index (κ1) is 40.2. The van der Waals surface area contributed by atoms with Gasteiger partial charge in [0.15, 0.2) is 5.82 Å². The molecule has 9 nitrogen and oxygen atoms in total. The van der Waals surface area contributed by atoms with Gasteiger partial charge in [0.2, 0.25) is 5.91 Å². The number of hydrogen-bond acceptors (Lipinski definition) is 8. The molecular weight excluding hydrogens is 673 g/mol. The summed E-state index contributed by atoms with van der Waals surface area (Å²) in [6.45, 7) is 13.8. The van der Waals surface area contributed by atoms with Crippen LogP contribution in [0.2, 0.25) is 0 Å². The van der Waals surface area contributed by atoms with Gasteiger partial charge >= 0.3 is 5.97 Å². The van der Waals surface area contributed by atoms with Crippen LogP contribution in [0, 0.1) is 5.92 Å². The topological polar surface area (TPSA) is 111 Å². The minimum atomic E-state index is -0.801. The lowest BCUT2D eigenvalue weighted by Gasteiger charge is -2.39. The summed E-state index contributed by atoms with van der Waals surface area (Å²) in [7, 11) is 1.34. The Bertz CT molecular complexity index is 1720. The van der Waals surface area contributed by atoms with Crippen molar-refractivity contribution in [2.75, 3.05) is 26.8 Å². The Morgan fingerprint density at radius 1 is 0.865 bits per heavy atom. The van der Waals surface area contributed by atoms with Gasteiger partial charge in [0.25, 0.3) is 5.91 Å². The molecule has 1 atom stereocenters. The fourth-order valence-electron chi connectivity index (χ4n) is 5.78. The van der Waals surface area contributed by atoms with E-state index in [1.54, 1.807) is 11.0 Å². The molecule has 0 bridgehead atoms. The molecule has 0 aliphatic carbocycles. The fourth-order valence-corrected chi connectivity index (χ4v) is 6.75. The summed E-state index contributed by atoms with van der Waals surface area (Å²) in [4.78, 5) is 51.4. The summed E-state index contributed by atoms with van der Waals surface area (Å²) in [5.74, 6) is 0.254. The number of unbranched alkanes of at least 4 members (excludes halogenated alkanes) is 4. The third-order valence-electron chi connectivity index (χ3n) is 8.91. The quantitative estimate of drug-likeness (QED) is 0.0966. The van der Waals surface area contributed by atoms with E-state index in [-0.39, 0.29) is 42.2 Å². The molecule has 4 aromatic rings. The minimum Gasteiger partial charge on any atom is -0.494 e. The summed E-state index contributed by atoms with van der Waals surface area (Å²) in [6, 6.07) is 18.7. The number of ether oxygens (including phenoxy) is 2. The molecule has 0 spiro atoms. The number of nitrogens with one attached hydrogen (secondary N) is 1. The Morgan fingerprint density at radius 2 is 1.50 bits per heavy atom. The Morgan fingerprint density at radius 3 is 2.10 bits per heavy atom. The summed E-state index contributed by atoms with van der Waals surface area (Å²) in [5.41, 5.74) is 3.55. The number of amides is 2. The summed E-state index contributed by atoms with van der Waals surface area (Å²) < 4.78 is 10.7. The van der Waals surface area contributed by atoms with Crippen LogP contribution in [0.5, 0.6) is 5.75 Å². The molecule has 2 aromatic carbocycles.